The second-order valence-electron chi connectivity index (χ2n) is 5.20. The van der Waals surface area contributed by atoms with Gasteiger partial charge >= 0.3 is 23.8 Å². The fraction of sp³-hybridized carbons (Fsp3) is 0.111. The average Bonchev–Trinajstić information content (AvgIpc) is 2.68. The summed E-state index contributed by atoms with van der Waals surface area (Å²) in [7, 11) is 2.33. The number of benzene rings is 2. The van der Waals surface area contributed by atoms with Crippen LogP contribution in [0.2, 0.25) is 0 Å². The van der Waals surface area contributed by atoms with Crippen molar-refractivity contribution in [3.8, 4) is 5.75 Å². The van der Waals surface area contributed by atoms with Crippen molar-refractivity contribution < 1.29 is 33.8 Å². The zero-order valence-electron chi connectivity index (χ0n) is 14.4. The molecule has 2 amide bonds. The van der Waals surface area contributed by atoms with Gasteiger partial charge in [0.15, 0.2) is 0 Å². The summed E-state index contributed by atoms with van der Waals surface area (Å²) in [5.74, 6) is -3.54. The van der Waals surface area contributed by atoms with Crippen molar-refractivity contribution in [1.29, 1.82) is 0 Å². The number of nitrogens with one attached hydrogen (secondary N) is 2. The van der Waals surface area contributed by atoms with Gasteiger partial charge in [-0.15, -0.1) is 0 Å². The van der Waals surface area contributed by atoms with Crippen molar-refractivity contribution in [3.63, 3.8) is 0 Å². The minimum absolute atomic E-state index is 0.000189. The summed E-state index contributed by atoms with van der Waals surface area (Å²) < 4.78 is 9.21. The standard InChI is InChI=1S/C18H16N2O7/c1-26-17(24)10-3-8-13(18(25)27-2)14(9-10)20-16(23)15(22)19-11-4-6-12(21)7-5-11/h3-9,21H,1-2H3,(H,19,22)(H,20,23). The molecule has 0 aliphatic heterocycles. The van der Waals surface area contributed by atoms with E-state index in [0.29, 0.717) is 0 Å². The molecule has 0 atom stereocenters. The maximum absolute atomic E-state index is 12.2. The molecule has 0 saturated heterocycles. The third-order valence-electron chi connectivity index (χ3n) is 3.43. The first kappa shape index (κ1) is 19.4. The molecule has 0 aliphatic carbocycles. The van der Waals surface area contributed by atoms with Gasteiger partial charge in [0, 0.05) is 5.69 Å². The zero-order chi connectivity index (χ0) is 20.0. The van der Waals surface area contributed by atoms with Crippen molar-refractivity contribution in [1.82, 2.24) is 0 Å². The lowest BCUT2D eigenvalue weighted by molar-refractivity contribution is -0.133. The van der Waals surface area contributed by atoms with Gasteiger partial charge in [-0.25, -0.2) is 9.59 Å². The van der Waals surface area contributed by atoms with Crippen molar-refractivity contribution in [3.05, 3.63) is 53.6 Å². The monoisotopic (exact) mass is 372 g/mol. The SMILES string of the molecule is COC(=O)c1ccc(C(=O)OC)c(NC(=O)C(=O)Nc2ccc(O)cc2)c1. The summed E-state index contributed by atoms with van der Waals surface area (Å²) in [5, 5.41) is 13.8. The van der Waals surface area contributed by atoms with E-state index >= 15 is 0 Å². The number of anilines is 2. The number of carbonyl (C=O) groups is 4. The molecule has 2 aromatic rings. The lowest BCUT2D eigenvalue weighted by atomic mass is 10.1. The maximum Gasteiger partial charge on any atom is 0.339 e. The second-order valence-corrected chi connectivity index (χ2v) is 5.20. The average molecular weight is 372 g/mol. The minimum Gasteiger partial charge on any atom is -0.508 e. The normalized spacial score (nSPS) is 9.85. The van der Waals surface area contributed by atoms with E-state index < -0.39 is 23.8 Å². The molecule has 140 valence electrons. The third-order valence-corrected chi connectivity index (χ3v) is 3.43. The number of aromatic hydroxyl groups is 1. The molecule has 0 bridgehead atoms. The van der Waals surface area contributed by atoms with Crippen LogP contribution in [0, 0.1) is 0 Å². The number of rotatable bonds is 4. The summed E-state index contributed by atoms with van der Waals surface area (Å²) >= 11 is 0. The smallest absolute Gasteiger partial charge is 0.339 e. The van der Waals surface area contributed by atoms with E-state index in [-0.39, 0.29) is 28.3 Å². The molecule has 0 aromatic heterocycles. The van der Waals surface area contributed by atoms with Gasteiger partial charge in [0.2, 0.25) is 0 Å². The first-order valence-electron chi connectivity index (χ1n) is 7.57. The number of esters is 2. The highest BCUT2D eigenvalue weighted by Crippen LogP contribution is 2.20. The van der Waals surface area contributed by atoms with Gasteiger partial charge in [-0.05, 0) is 42.5 Å². The van der Waals surface area contributed by atoms with E-state index in [1.165, 1.54) is 49.6 Å². The van der Waals surface area contributed by atoms with E-state index in [2.05, 4.69) is 20.1 Å². The number of ether oxygens (including phenoxy) is 2. The fourth-order valence-corrected chi connectivity index (χ4v) is 2.09. The van der Waals surface area contributed by atoms with Gasteiger partial charge in [-0.2, -0.15) is 0 Å². The van der Waals surface area contributed by atoms with Crippen LogP contribution in [0.5, 0.6) is 5.75 Å². The first-order valence-corrected chi connectivity index (χ1v) is 7.57. The molecule has 2 rings (SSSR count). The van der Waals surface area contributed by atoms with Gasteiger partial charge in [0.25, 0.3) is 0 Å². The van der Waals surface area contributed by atoms with Gasteiger partial charge in [-0.1, -0.05) is 0 Å². The molecule has 0 radical (unpaired) electrons. The van der Waals surface area contributed by atoms with Crippen molar-refractivity contribution in [2.75, 3.05) is 24.9 Å². The molecule has 0 spiro atoms. The topological polar surface area (TPSA) is 131 Å². The number of carbonyl (C=O) groups excluding carboxylic acids is 4. The number of hydrogen-bond donors (Lipinski definition) is 3. The Morgan fingerprint density at radius 2 is 1.41 bits per heavy atom. The first-order chi connectivity index (χ1) is 12.8. The van der Waals surface area contributed by atoms with E-state index in [4.69, 9.17) is 0 Å². The summed E-state index contributed by atoms with van der Waals surface area (Å²) in [5.41, 5.74) is 0.218. The van der Waals surface area contributed by atoms with Gasteiger partial charge in [0.1, 0.15) is 5.75 Å². The molecule has 0 fully saturated rings. The van der Waals surface area contributed by atoms with Crippen molar-refractivity contribution in [2.24, 2.45) is 0 Å². The van der Waals surface area contributed by atoms with E-state index in [1.54, 1.807) is 0 Å². The molecule has 0 unspecified atom stereocenters. The van der Waals surface area contributed by atoms with E-state index in [0.717, 1.165) is 7.11 Å². The molecule has 0 heterocycles. The molecule has 0 aliphatic rings. The Balaban J connectivity index is 2.23. The number of amides is 2. The van der Waals surface area contributed by atoms with Crippen LogP contribution < -0.4 is 10.6 Å². The van der Waals surface area contributed by atoms with Crippen LogP contribution in [0.4, 0.5) is 11.4 Å². The number of phenols is 1. The van der Waals surface area contributed by atoms with Crippen LogP contribution in [-0.4, -0.2) is 43.1 Å². The predicted molar refractivity (Wildman–Crippen MR) is 94.5 cm³/mol. The highest BCUT2D eigenvalue weighted by atomic mass is 16.5. The van der Waals surface area contributed by atoms with E-state index in [9.17, 15) is 24.3 Å². The molecular formula is C18H16N2O7. The zero-order valence-corrected chi connectivity index (χ0v) is 14.4. The second kappa shape index (κ2) is 8.48. The van der Waals surface area contributed by atoms with Crippen LogP contribution in [0.25, 0.3) is 0 Å². The molecule has 27 heavy (non-hydrogen) atoms. The molecule has 9 nitrogen and oxygen atoms in total. The van der Waals surface area contributed by atoms with Crippen LogP contribution in [0.3, 0.4) is 0 Å². The maximum atomic E-state index is 12.2. The van der Waals surface area contributed by atoms with Crippen molar-refractivity contribution >= 4 is 35.1 Å². The van der Waals surface area contributed by atoms with Crippen LogP contribution >= 0.6 is 0 Å². The lowest BCUT2D eigenvalue weighted by Crippen LogP contribution is -2.30. The number of phenolic OH excluding ortho intramolecular Hbond substituents is 1. The summed E-state index contributed by atoms with van der Waals surface area (Å²) in [6.45, 7) is 0. The Bertz CT molecular complexity index is 891. The third kappa shape index (κ3) is 4.82. The Kier molecular flexibility index (Phi) is 6.10. The molecular weight excluding hydrogens is 356 g/mol. The van der Waals surface area contributed by atoms with Crippen LogP contribution in [0.1, 0.15) is 20.7 Å². The quantitative estimate of drug-likeness (QED) is 0.421. The Morgan fingerprint density at radius 3 is 2.00 bits per heavy atom. The number of hydrogen-bond acceptors (Lipinski definition) is 7. The summed E-state index contributed by atoms with van der Waals surface area (Å²) in [6, 6.07) is 9.27. The summed E-state index contributed by atoms with van der Waals surface area (Å²) in [6.07, 6.45) is 0. The van der Waals surface area contributed by atoms with Crippen LogP contribution in [-0.2, 0) is 19.1 Å². The lowest BCUT2D eigenvalue weighted by Gasteiger charge is -2.11. The highest BCUT2D eigenvalue weighted by Gasteiger charge is 2.20. The largest absolute Gasteiger partial charge is 0.508 e. The number of methoxy groups -OCH3 is 2. The fourth-order valence-electron chi connectivity index (χ4n) is 2.09. The van der Waals surface area contributed by atoms with Crippen LogP contribution in [0.15, 0.2) is 42.5 Å². The Labute approximate surface area is 153 Å². The Hall–Kier alpha value is -3.88. The molecule has 2 aromatic carbocycles. The van der Waals surface area contributed by atoms with Gasteiger partial charge in [-0.3, -0.25) is 9.59 Å². The highest BCUT2D eigenvalue weighted by molar-refractivity contribution is 6.44. The molecule has 3 N–H and O–H groups in total. The predicted octanol–water partition coefficient (Wildman–Crippen LogP) is 1.54. The minimum atomic E-state index is -1.07. The van der Waals surface area contributed by atoms with Crippen molar-refractivity contribution in [2.45, 2.75) is 0 Å². The van der Waals surface area contributed by atoms with Gasteiger partial charge < -0.3 is 25.2 Å². The Morgan fingerprint density at radius 1 is 0.815 bits per heavy atom. The van der Waals surface area contributed by atoms with E-state index in [1.807, 2.05) is 0 Å². The molecule has 9 heteroatoms. The summed E-state index contributed by atoms with van der Waals surface area (Å²) in [4.78, 5) is 47.7. The van der Waals surface area contributed by atoms with Gasteiger partial charge in [0.05, 0.1) is 31.0 Å². The molecule has 0 saturated carbocycles.